The number of hydrogen-bond donors (Lipinski definition) is 2. The Morgan fingerprint density at radius 1 is 1.43 bits per heavy atom. The molecule has 7 nitrogen and oxygen atoms in total. The molecule has 0 spiro atoms. The van der Waals surface area contributed by atoms with Crippen molar-refractivity contribution in [2.45, 2.75) is 40.0 Å². The fraction of sp³-hybridized carbons (Fsp3) is 0.429. The first-order chi connectivity index (χ1) is 9.79. The fourth-order valence-electron chi connectivity index (χ4n) is 2.15. The molecule has 0 aliphatic carbocycles. The summed E-state index contributed by atoms with van der Waals surface area (Å²) in [5.74, 6) is 0.139. The zero-order valence-corrected chi connectivity index (χ0v) is 12.5. The van der Waals surface area contributed by atoms with E-state index < -0.39 is 5.97 Å². The summed E-state index contributed by atoms with van der Waals surface area (Å²) in [5, 5.41) is 13.3. The van der Waals surface area contributed by atoms with E-state index in [-0.39, 0.29) is 17.9 Å². The second-order valence-corrected chi connectivity index (χ2v) is 5.28. The number of carboxylic acid groups (broad SMARTS) is 1. The minimum absolute atomic E-state index is 0.0769. The Hall–Kier alpha value is -2.44. The third-order valence-corrected chi connectivity index (χ3v) is 3.28. The number of nitrogens with one attached hydrogen (secondary N) is 1. The quantitative estimate of drug-likeness (QED) is 0.884. The molecule has 7 heteroatoms. The molecule has 2 N–H and O–H groups in total. The summed E-state index contributed by atoms with van der Waals surface area (Å²) in [6, 6.07) is 1.36. The number of H-pyrrole nitrogens is 1. The van der Waals surface area contributed by atoms with Crippen LogP contribution in [-0.4, -0.2) is 30.8 Å². The molecule has 2 rings (SSSR count). The number of aromatic amines is 1. The SMILES string of the molecule is Cc1nn(-c2cc(=O)[nH]c(C(C)C)n2)c(C)c1CC(=O)O. The molecule has 2 heterocycles. The van der Waals surface area contributed by atoms with Crippen LogP contribution >= 0.6 is 0 Å². The van der Waals surface area contributed by atoms with Crippen molar-refractivity contribution in [1.82, 2.24) is 19.7 Å². The van der Waals surface area contributed by atoms with Gasteiger partial charge in [0.25, 0.3) is 5.56 Å². The first kappa shape index (κ1) is 15.0. The van der Waals surface area contributed by atoms with Gasteiger partial charge in [-0.05, 0) is 13.8 Å². The lowest BCUT2D eigenvalue weighted by Gasteiger charge is -2.08. The van der Waals surface area contributed by atoms with E-state index in [9.17, 15) is 9.59 Å². The molecule has 0 aliphatic heterocycles. The summed E-state index contributed by atoms with van der Waals surface area (Å²) in [6.07, 6.45) is -0.0993. The van der Waals surface area contributed by atoms with Crippen molar-refractivity contribution in [2.24, 2.45) is 0 Å². The molecule has 0 unspecified atom stereocenters. The number of nitrogens with zero attached hydrogens (tertiary/aromatic N) is 3. The average Bonchev–Trinajstić information content (AvgIpc) is 2.65. The smallest absolute Gasteiger partial charge is 0.307 e. The largest absolute Gasteiger partial charge is 0.481 e. The monoisotopic (exact) mass is 290 g/mol. The number of carboxylic acids is 1. The number of aromatic nitrogens is 4. The summed E-state index contributed by atoms with van der Waals surface area (Å²) in [4.78, 5) is 29.7. The Bertz CT molecular complexity index is 743. The van der Waals surface area contributed by atoms with E-state index >= 15 is 0 Å². The van der Waals surface area contributed by atoms with Crippen LogP contribution in [0, 0.1) is 13.8 Å². The maximum atomic E-state index is 11.7. The van der Waals surface area contributed by atoms with Gasteiger partial charge in [0.2, 0.25) is 0 Å². The lowest BCUT2D eigenvalue weighted by Crippen LogP contribution is -2.16. The highest BCUT2D eigenvalue weighted by Gasteiger charge is 2.17. The highest BCUT2D eigenvalue weighted by Crippen LogP contribution is 2.17. The third-order valence-electron chi connectivity index (χ3n) is 3.28. The Balaban J connectivity index is 2.57. The first-order valence-electron chi connectivity index (χ1n) is 6.68. The van der Waals surface area contributed by atoms with Crippen LogP contribution in [0.15, 0.2) is 10.9 Å². The molecule has 0 bridgehead atoms. The molecular weight excluding hydrogens is 272 g/mol. The van der Waals surface area contributed by atoms with Crippen LogP contribution in [0.4, 0.5) is 0 Å². The van der Waals surface area contributed by atoms with Crippen LogP contribution in [0.2, 0.25) is 0 Å². The highest BCUT2D eigenvalue weighted by molar-refractivity contribution is 5.71. The van der Waals surface area contributed by atoms with E-state index in [2.05, 4.69) is 15.1 Å². The van der Waals surface area contributed by atoms with Crippen molar-refractivity contribution >= 4 is 5.97 Å². The van der Waals surface area contributed by atoms with Crippen LogP contribution in [-0.2, 0) is 11.2 Å². The van der Waals surface area contributed by atoms with E-state index in [1.54, 1.807) is 13.8 Å². The predicted molar refractivity (Wildman–Crippen MR) is 76.9 cm³/mol. The summed E-state index contributed by atoms with van der Waals surface area (Å²) in [6.45, 7) is 7.38. The van der Waals surface area contributed by atoms with Gasteiger partial charge in [0.05, 0.1) is 12.1 Å². The minimum atomic E-state index is -0.914. The van der Waals surface area contributed by atoms with Gasteiger partial charge in [-0.3, -0.25) is 9.59 Å². The molecule has 2 aromatic rings. The number of aliphatic carboxylic acids is 1. The maximum absolute atomic E-state index is 11.7. The molecule has 0 saturated heterocycles. The minimum Gasteiger partial charge on any atom is -0.481 e. The number of hydrogen-bond acceptors (Lipinski definition) is 4. The van der Waals surface area contributed by atoms with E-state index in [0.717, 1.165) is 0 Å². The van der Waals surface area contributed by atoms with Gasteiger partial charge in [-0.1, -0.05) is 13.8 Å². The van der Waals surface area contributed by atoms with Crippen LogP contribution < -0.4 is 5.56 Å². The average molecular weight is 290 g/mol. The molecular formula is C14H18N4O3. The molecule has 0 amide bonds. The molecule has 112 valence electrons. The van der Waals surface area contributed by atoms with Crippen molar-refractivity contribution < 1.29 is 9.90 Å². The van der Waals surface area contributed by atoms with E-state index in [1.165, 1.54) is 10.7 Å². The summed E-state index contributed by atoms with van der Waals surface area (Å²) >= 11 is 0. The van der Waals surface area contributed by atoms with Gasteiger partial charge in [-0.25, -0.2) is 9.67 Å². The topological polar surface area (TPSA) is 101 Å². The van der Waals surface area contributed by atoms with Crippen LogP contribution in [0.25, 0.3) is 5.82 Å². The Morgan fingerprint density at radius 3 is 2.67 bits per heavy atom. The van der Waals surface area contributed by atoms with E-state index in [1.807, 2.05) is 13.8 Å². The molecule has 0 radical (unpaired) electrons. The number of aryl methyl sites for hydroxylation is 1. The van der Waals surface area contributed by atoms with Gasteiger partial charge in [0, 0.05) is 23.2 Å². The lowest BCUT2D eigenvalue weighted by molar-refractivity contribution is -0.136. The molecule has 0 saturated carbocycles. The zero-order valence-electron chi connectivity index (χ0n) is 12.5. The molecule has 0 atom stereocenters. The van der Waals surface area contributed by atoms with Crippen molar-refractivity contribution in [3.8, 4) is 5.82 Å². The van der Waals surface area contributed by atoms with Crippen LogP contribution in [0.1, 0.15) is 42.5 Å². The van der Waals surface area contributed by atoms with Gasteiger partial charge < -0.3 is 10.1 Å². The van der Waals surface area contributed by atoms with E-state index in [0.29, 0.717) is 28.6 Å². The predicted octanol–water partition coefficient (Wildman–Crippen LogP) is 1.32. The van der Waals surface area contributed by atoms with Crippen molar-refractivity contribution in [2.75, 3.05) is 0 Å². The van der Waals surface area contributed by atoms with Gasteiger partial charge in [0.15, 0.2) is 5.82 Å². The van der Waals surface area contributed by atoms with Gasteiger partial charge >= 0.3 is 5.97 Å². The zero-order chi connectivity index (χ0) is 15.7. The number of carbonyl (C=O) groups is 1. The van der Waals surface area contributed by atoms with E-state index in [4.69, 9.17) is 5.11 Å². The van der Waals surface area contributed by atoms with Gasteiger partial charge in [-0.2, -0.15) is 5.10 Å². The van der Waals surface area contributed by atoms with Crippen LogP contribution in [0.3, 0.4) is 0 Å². The third kappa shape index (κ3) is 3.01. The van der Waals surface area contributed by atoms with Crippen molar-refractivity contribution in [3.63, 3.8) is 0 Å². The Morgan fingerprint density at radius 2 is 2.10 bits per heavy atom. The first-order valence-corrected chi connectivity index (χ1v) is 6.68. The summed E-state index contributed by atoms with van der Waals surface area (Å²) in [7, 11) is 0. The van der Waals surface area contributed by atoms with Gasteiger partial charge in [-0.15, -0.1) is 0 Å². The second kappa shape index (κ2) is 5.51. The lowest BCUT2D eigenvalue weighted by atomic mass is 10.1. The summed E-state index contributed by atoms with van der Waals surface area (Å²) < 4.78 is 1.52. The molecule has 21 heavy (non-hydrogen) atoms. The van der Waals surface area contributed by atoms with Crippen LogP contribution in [0.5, 0.6) is 0 Å². The summed E-state index contributed by atoms with van der Waals surface area (Å²) in [5.41, 5.74) is 1.71. The number of rotatable bonds is 4. The standard InChI is InChI=1S/C14H18N4O3/c1-7(2)14-15-11(6-12(19)16-14)18-9(4)10(5-13(20)21)8(3)17-18/h6-7H,5H2,1-4H3,(H,20,21)(H,15,16,19). The molecule has 0 aliphatic rings. The normalized spacial score (nSPS) is 11.1. The van der Waals surface area contributed by atoms with Gasteiger partial charge in [0.1, 0.15) is 5.82 Å². The van der Waals surface area contributed by atoms with Crippen molar-refractivity contribution in [1.29, 1.82) is 0 Å². The Labute approximate surface area is 121 Å². The molecule has 2 aromatic heterocycles. The highest BCUT2D eigenvalue weighted by atomic mass is 16.4. The second-order valence-electron chi connectivity index (χ2n) is 5.28. The molecule has 0 aromatic carbocycles. The maximum Gasteiger partial charge on any atom is 0.307 e. The van der Waals surface area contributed by atoms with Crippen molar-refractivity contribution in [3.05, 3.63) is 39.2 Å². The fourth-order valence-corrected chi connectivity index (χ4v) is 2.15. The molecule has 0 fully saturated rings. The Kier molecular flexibility index (Phi) is 3.93.